The molecule has 0 amide bonds. The minimum absolute atomic E-state index is 0.253. The standard InChI is InChI=1S/C10H27N5O2/c11-1-2-12-3-4-13-5-6-14-7-8-15-10(17)9-16/h10,12-17H,1-9,11H2. The molecule has 1 unspecified atom stereocenters. The van der Waals surface area contributed by atoms with E-state index in [2.05, 4.69) is 21.3 Å². The molecule has 0 aromatic rings. The van der Waals surface area contributed by atoms with Gasteiger partial charge in [0.1, 0.15) is 6.23 Å². The SMILES string of the molecule is NCCNCCNCCNCCNC(O)CO. The van der Waals surface area contributed by atoms with Gasteiger partial charge in [0, 0.05) is 52.4 Å². The summed E-state index contributed by atoms with van der Waals surface area (Å²) < 4.78 is 0. The molecule has 0 spiro atoms. The molecule has 0 rings (SSSR count). The zero-order valence-electron chi connectivity index (χ0n) is 10.4. The van der Waals surface area contributed by atoms with E-state index in [1.165, 1.54) is 0 Å². The molecular formula is C10H27N5O2. The summed E-state index contributed by atoms with van der Waals surface area (Å²) in [6.07, 6.45) is -0.816. The van der Waals surface area contributed by atoms with E-state index in [0.29, 0.717) is 13.1 Å². The highest BCUT2D eigenvalue weighted by Gasteiger charge is 1.97. The summed E-state index contributed by atoms with van der Waals surface area (Å²) in [5.74, 6) is 0. The normalized spacial score (nSPS) is 12.9. The summed E-state index contributed by atoms with van der Waals surface area (Å²) in [5.41, 5.74) is 5.34. The molecule has 0 heterocycles. The van der Waals surface area contributed by atoms with E-state index in [4.69, 9.17) is 15.9 Å². The van der Waals surface area contributed by atoms with Crippen LogP contribution in [0.4, 0.5) is 0 Å². The van der Waals surface area contributed by atoms with Crippen LogP contribution in [0.2, 0.25) is 0 Å². The summed E-state index contributed by atoms with van der Waals surface area (Å²) in [4.78, 5) is 0. The molecule has 0 fully saturated rings. The van der Waals surface area contributed by atoms with Crippen molar-refractivity contribution in [1.29, 1.82) is 0 Å². The summed E-state index contributed by atoms with van der Waals surface area (Å²) in [6, 6.07) is 0. The Hall–Kier alpha value is -0.280. The molecule has 0 aliphatic heterocycles. The molecule has 1 atom stereocenters. The molecule has 7 nitrogen and oxygen atoms in total. The van der Waals surface area contributed by atoms with Gasteiger partial charge >= 0.3 is 0 Å². The fourth-order valence-electron chi connectivity index (χ4n) is 1.22. The van der Waals surface area contributed by atoms with Crippen molar-refractivity contribution in [2.45, 2.75) is 6.23 Å². The lowest BCUT2D eigenvalue weighted by molar-refractivity contribution is 0.0686. The molecule has 17 heavy (non-hydrogen) atoms. The van der Waals surface area contributed by atoms with Gasteiger partial charge in [0.05, 0.1) is 6.61 Å². The van der Waals surface area contributed by atoms with E-state index in [1.807, 2.05) is 0 Å². The second-order valence-electron chi connectivity index (χ2n) is 3.69. The maximum Gasteiger partial charge on any atom is 0.128 e. The second-order valence-corrected chi connectivity index (χ2v) is 3.69. The number of aliphatic hydroxyl groups is 2. The Morgan fingerprint density at radius 2 is 1.29 bits per heavy atom. The molecule has 0 bridgehead atoms. The molecule has 0 aromatic carbocycles. The molecule has 0 aliphatic carbocycles. The topological polar surface area (TPSA) is 115 Å². The first-order valence-electron chi connectivity index (χ1n) is 6.15. The maximum absolute atomic E-state index is 8.98. The van der Waals surface area contributed by atoms with Crippen molar-refractivity contribution in [3.05, 3.63) is 0 Å². The Labute approximate surface area is 103 Å². The number of nitrogens with one attached hydrogen (secondary N) is 4. The highest BCUT2D eigenvalue weighted by atomic mass is 16.3. The summed E-state index contributed by atoms with van der Waals surface area (Å²) >= 11 is 0. The van der Waals surface area contributed by atoms with Crippen LogP contribution in [-0.4, -0.2) is 75.4 Å². The lowest BCUT2D eigenvalue weighted by Crippen LogP contribution is -2.39. The van der Waals surface area contributed by atoms with Crippen LogP contribution in [0.3, 0.4) is 0 Å². The Bertz CT molecular complexity index is 151. The molecule has 0 aromatic heterocycles. The molecular weight excluding hydrogens is 222 g/mol. The van der Waals surface area contributed by atoms with Gasteiger partial charge in [-0.05, 0) is 0 Å². The van der Waals surface area contributed by atoms with Gasteiger partial charge in [-0.2, -0.15) is 0 Å². The van der Waals surface area contributed by atoms with Crippen molar-refractivity contribution in [3.63, 3.8) is 0 Å². The molecule has 104 valence electrons. The number of aliphatic hydroxyl groups excluding tert-OH is 2. The van der Waals surface area contributed by atoms with Crippen molar-refractivity contribution >= 4 is 0 Å². The van der Waals surface area contributed by atoms with E-state index in [9.17, 15) is 0 Å². The minimum Gasteiger partial charge on any atom is -0.392 e. The third-order valence-corrected chi connectivity index (χ3v) is 2.13. The van der Waals surface area contributed by atoms with Crippen molar-refractivity contribution in [1.82, 2.24) is 21.3 Å². The fourth-order valence-corrected chi connectivity index (χ4v) is 1.22. The van der Waals surface area contributed by atoms with Crippen LogP contribution in [0, 0.1) is 0 Å². The average Bonchev–Trinajstić information content (AvgIpc) is 2.35. The van der Waals surface area contributed by atoms with Crippen molar-refractivity contribution < 1.29 is 10.2 Å². The van der Waals surface area contributed by atoms with E-state index >= 15 is 0 Å². The summed E-state index contributed by atoms with van der Waals surface area (Å²) in [7, 11) is 0. The van der Waals surface area contributed by atoms with Gasteiger partial charge in [-0.3, -0.25) is 5.32 Å². The molecule has 7 heteroatoms. The van der Waals surface area contributed by atoms with Gasteiger partial charge in [0.2, 0.25) is 0 Å². The second kappa shape index (κ2) is 13.8. The summed E-state index contributed by atoms with van der Waals surface area (Å²) in [5, 5.41) is 30.0. The van der Waals surface area contributed by atoms with Gasteiger partial charge in [-0.25, -0.2) is 0 Å². The molecule has 0 saturated carbocycles. The Kier molecular flexibility index (Phi) is 13.6. The van der Waals surface area contributed by atoms with Gasteiger partial charge in [0.25, 0.3) is 0 Å². The highest BCUT2D eigenvalue weighted by molar-refractivity contribution is 4.57. The van der Waals surface area contributed by atoms with Crippen LogP contribution in [0.25, 0.3) is 0 Å². The number of rotatable bonds is 13. The van der Waals surface area contributed by atoms with Crippen LogP contribution >= 0.6 is 0 Å². The molecule has 0 aliphatic rings. The smallest absolute Gasteiger partial charge is 0.128 e. The Morgan fingerprint density at radius 1 is 0.824 bits per heavy atom. The average molecular weight is 249 g/mol. The Morgan fingerprint density at radius 3 is 1.76 bits per heavy atom. The largest absolute Gasteiger partial charge is 0.392 e. The van der Waals surface area contributed by atoms with E-state index in [1.54, 1.807) is 0 Å². The molecule has 0 saturated heterocycles. The molecule has 8 N–H and O–H groups in total. The van der Waals surface area contributed by atoms with Gasteiger partial charge < -0.3 is 31.9 Å². The van der Waals surface area contributed by atoms with Gasteiger partial charge in [-0.15, -0.1) is 0 Å². The van der Waals surface area contributed by atoms with Crippen LogP contribution in [-0.2, 0) is 0 Å². The third-order valence-electron chi connectivity index (χ3n) is 2.13. The first-order valence-corrected chi connectivity index (χ1v) is 6.15. The quantitative estimate of drug-likeness (QED) is 0.135. The maximum atomic E-state index is 8.98. The first kappa shape index (κ1) is 16.7. The Balaban J connectivity index is 2.94. The van der Waals surface area contributed by atoms with E-state index in [-0.39, 0.29) is 6.61 Å². The minimum atomic E-state index is -0.816. The van der Waals surface area contributed by atoms with Crippen molar-refractivity contribution in [2.75, 3.05) is 59.0 Å². The predicted molar refractivity (Wildman–Crippen MR) is 68.8 cm³/mol. The van der Waals surface area contributed by atoms with Gasteiger partial charge in [-0.1, -0.05) is 0 Å². The first-order chi connectivity index (χ1) is 8.31. The number of hydrogen-bond donors (Lipinski definition) is 7. The van der Waals surface area contributed by atoms with Crippen LogP contribution < -0.4 is 27.0 Å². The summed E-state index contributed by atoms with van der Waals surface area (Å²) in [6.45, 7) is 6.35. The number of hydrogen-bond acceptors (Lipinski definition) is 7. The highest BCUT2D eigenvalue weighted by Crippen LogP contribution is 1.70. The molecule has 0 radical (unpaired) electrons. The predicted octanol–water partition coefficient (Wildman–Crippen LogP) is -3.39. The monoisotopic (exact) mass is 249 g/mol. The van der Waals surface area contributed by atoms with Crippen molar-refractivity contribution in [2.24, 2.45) is 5.73 Å². The van der Waals surface area contributed by atoms with Crippen LogP contribution in [0.1, 0.15) is 0 Å². The van der Waals surface area contributed by atoms with E-state index < -0.39 is 6.23 Å². The van der Waals surface area contributed by atoms with Gasteiger partial charge in [0.15, 0.2) is 0 Å². The third kappa shape index (κ3) is 13.7. The number of nitrogens with two attached hydrogens (primary N) is 1. The van der Waals surface area contributed by atoms with Crippen molar-refractivity contribution in [3.8, 4) is 0 Å². The zero-order valence-corrected chi connectivity index (χ0v) is 10.4. The van der Waals surface area contributed by atoms with Crippen LogP contribution in [0.15, 0.2) is 0 Å². The van der Waals surface area contributed by atoms with E-state index in [0.717, 1.165) is 39.3 Å². The lowest BCUT2D eigenvalue weighted by atomic mass is 10.5. The zero-order chi connectivity index (χ0) is 12.8. The van der Waals surface area contributed by atoms with Crippen LogP contribution in [0.5, 0.6) is 0 Å². The fraction of sp³-hybridized carbons (Fsp3) is 1.00. The lowest BCUT2D eigenvalue weighted by Gasteiger charge is -2.10.